The quantitative estimate of drug-likeness (QED) is 0.208. The lowest BCUT2D eigenvalue weighted by Crippen LogP contribution is -2.39. The standard InChI is InChI=1S/C29H30N4O8S/c1-4-40-23-9-6-18(15-24(23)41-5-2)26-21(28(35)38-3)17-30-29-32(26)27(34)25(42-29)16-19-14-20(7-8-22(19)33(36)37)31-10-12-39-13-11-31/h6-9,14-17,26H,4-5,10-13H2,1-3H3/b25-16-/t26-/m0/s1. The lowest BCUT2D eigenvalue weighted by atomic mass is 9.97. The number of ether oxygens (including phenoxy) is 4. The third-order valence-corrected chi connectivity index (χ3v) is 7.88. The van der Waals surface area contributed by atoms with Crippen molar-refractivity contribution >= 4 is 34.8 Å². The second kappa shape index (κ2) is 12.6. The van der Waals surface area contributed by atoms with E-state index in [4.69, 9.17) is 18.9 Å². The Bertz CT molecular complexity index is 1720. The molecular weight excluding hydrogens is 564 g/mol. The molecule has 1 aromatic heterocycles. The molecule has 2 aliphatic heterocycles. The number of esters is 1. The number of nitro groups is 1. The normalized spacial score (nSPS) is 16.7. The summed E-state index contributed by atoms with van der Waals surface area (Å²) in [5.74, 6) is 0.362. The number of rotatable bonds is 9. The number of fused-ring (bicyclic) bond motifs is 1. The van der Waals surface area contributed by atoms with Crippen molar-refractivity contribution < 1.29 is 28.7 Å². The summed E-state index contributed by atoms with van der Waals surface area (Å²) < 4.78 is 23.6. The Morgan fingerprint density at radius 2 is 1.88 bits per heavy atom. The number of morpholine rings is 1. The van der Waals surface area contributed by atoms with E-state index in [2.05, 4.69) is 9.89 Å². The number of carbonyl (C=O) groups is 1. The monoisotopic (exact) mass is 594 g/mol. The average molecular weight is 595 g/mol. The summed E-state index contributed by atoms with van der Waals surface area (Å²) in [6.45, 7) is 6.95. The number of nitro benzene ring substituents is 1. The first-order valence-corrected chi connectivity index (χ1v) is 14.3. The van der Waals surface area contributed by atoms with Gasteiger partial charge in [-0.15, -0.1) is 0 Å². The van der Waals surface area contributed by atoms with Crippen molar-refractivity contribution in [2.45, 2.75) is 19.9 Å². The fourth-order valence-corrected chi connectivity index (χ4v) is 5.93. The first-order valence-electron chi connectivity index (χ1n) is 13.5. The molecule has 0 amide bonds. The molecule has 3 heterocycles. The molecule has 220 valence electrons. The smallest absolute Gasteiger partial charge is 0.337 e. The highest BCUT2D eigenvalue weighted by Gasteiger charge is 2.31. The van der Waals surface area contributed by atoms with E-state index in [1.54, 1.807) is 30.3 Å². The molecule has 1 fully saturated rings. The van der Waals surface area contributed by atoms with E-state index in [0.29, 0.717) is 61.4 Å². The van der Waals surface area contributed by atoms with Crippen LogP contribution in [0.15, 0.2) is 58.0 Å². The van der Waals surface area contributed by atoms with E-state index in [1.807, 2.05) is 13.8 Å². The van der Waals surface area contributed by atoms with Crippen molar-refractivity contribution in [1.82, 2.24) is 4.57 Å². The van der Waals surface area contributed by atoms with Crippen molar-refractivity contribution in [1.29, 1.82) is 0 Å². The number of aromatic nitrogens is 1. The summed E-state index contributed by atoms with van der Waals surface area (Å²) in [4.78, 5) is 45.0. The zero-order chi connectivity index (χ0) is 29.8. The molecule has 2 aromatic carbocycles. The largest absolute Gasteiger partial charge is 0.490 e. The highest BCUT2D eigenvalue weighted by Crippen LogP contribution is 2.35. The fourth-order valence-electron chi connectivity index (χ4n) is 4.97. The van der Waals surface area contributed by atoms with Crippen LogP contribution in [0.25, 0.3) is 6.08 Å². The lowest BCUT2D eigenvalue weighted by molar-refractivity contribution is -0.385. The van der Waals surface area contributed by atoms with Gasteiger partial charge in [-0.25, -0.2) is 9.79 Å². The zero-order valence-electron chi connectivity index (χ0n) is 23.4. The number of hydrogen-bond acceptors (Lipinski definition) is 11. The minimum absolute atomic E-state index is 0.127. The van der Waals surface area contributed by atoms with Crippen LogP contribution in [0.4, 0.5) is 11.4 Å². The number of carbonyl (C=O) groups excluding carboxylic acids is 1. The molecular formula is C29H30N4O8S. The molecule has 0 bridgehead atoms. The molecule has 13 heteroatoms. The molecule has 12 nitrogen and oxygen atoms in total. The molecule has 5 rings (SSSR count). The maximum absolute atomic E-state index is 14.0. The van der Waals surface area contributed by atoms with E-state index in [0.717, 1.165) is 17.0 Å². The summed E-state index contributed by atoms with van der Waals surface area (Å²) in [5, 5.41) is 11.9. The molecule has 0 aliphatic carbocycles. The molecule has 0 unspecified atom stereocenters. The number of thiazole rings is 1. The maximum atomic E-state index is 14.0. The van der Waals surface area contributed by atoms with Gasteiger partial charge < -0.3 is 23.8 Å². The molecule has 0 spiro atoms. The SMILES string of the molecule is CCOc1ccc([C@H]2C(C(=O)OC)=CN=c3s/c(=C\c4cc(N5CCOCC5)ccc4[N+](=O)[O-])c(=O)n32)cc1OCC. The van der Waals surface area contributed by atoms with Gasteiger partial charge in [0.15, 0.2) is 16.3 Å². The fraction of sp³-hybridized carbons (Fsp3) is 0.345. The van der Waals surface area contributed by atoms with Gasteiger partial charge in [-0.2, -0.15) is 0 Å². The van der Waals surface area contributed by atoms with Crippen LogP contribution in [-0.2, 0) is 14.3 Å². The van der Waals surface area contributed by atoms with E-state index in [1.165, 1.54) is 30.0 Å². The van der Waals surface area contributed by atoms with E-state index >= 15 is 0 Å². The van der Waals surface area contributed by atoms with Crippen LogP contribution in [0.2, 0.25) is 0 Å². The van der Waals surface area contributed by atoms with Gasteiger partial charge in [0.05, 0.1) is 60.2 Å². The maximum Gasteiger partial charge on any atom is 0.337 e. The first-order chi connectivity index (χ1) is 20.4. The number of hydrogen-bond donors (Lipinski definition) is 0. The van der Waals surface area contributed by atoms with Gasteiger partial charge in [0.25, 0.3) is 11.2 Å². The Hall–Kier alpha value is -4.49. The number of methoxy groups -OCH3 is 1. The molecule has 0 N–H and O–H groups in total. The van der Waals surface area contributed by atoms with Gasteiger partial charge in [0.2, 0.25) is 0 Å². The van der Waals surface area contributed by atoms with Crippen molar-refractivity contribution in [3.63, 3.8) is 0 Å². The highest BCUT2D eigenvalue weighted by atomic mass is 32.1. The van der Waals surface area contributed by atoms with Crippen LogP contribution in [0, 0.1) is 10.1 Å². The van der Waals surface area contributed by atoms with Gasteiger partial charge in [-0.1, -0.05) is 17.4 Å². The van der Waals surface area contributed by atoms with Crippen LogP contribution in [0.1, 0.15) is 31.0 Å². The molecule has 0 radical (unpaired) electrons. The Labute approximate surface area is 244 Å². The zero-order valence-corrected chi connectivity index (χ0v) is 24.2. The summed E-state index contributed by atoms with van der Waals surface area (Å²) in [5.41, 5.74) is 1.25. The number of benzene rings is 2. The van der Waals surface area contributed by atoms with E-state index < -0.39 is 22.5 Å². The molecule has 1 saturated heterocycles. The molecule has 3 aromatic rings. The minimum atomic E-state index is -0.875. The minimum Gasteiger partial charge on any atom is -0.490 e. The molecule has 0 saturated carbocycles. The number of anilines is 1. The second-order valence-electron chi connectivity index (χ2n) is 9.35. The van der Waals surface area contributed by atoms with E-state index in [9.17, 15) is 19.7 Å². The van der Waals surface area contributed by atoms with Crippen molar-refractivity contribution in [3.8, 4) is 11.5 Å². The van der Waals surface area contributed by atoms with Crippen LogP contribution in [0.3, 0.4) is 0 Å². The second-order valence-corrected chi connectivity index (χ2v) is 10.4. The van der Waals surface area contributed by atoms with Crippen LogP contribution in [-0.4, -0.2) is 62.1 Å². The topological polar surface area (TPSA) is 135 Å². The summed E-state index contributed by atoms with van der Waals surface area (Å²) in [6, 6.07) is 9.20. The van der Waals surface area contributed by atoms with Crippen LogP contribution < -0.4 is 29.3 Å². The predicted octanol–water partition coefficient (Wildman–Crippen LogP) is 2.56. The Morgan fingerprint density at radius 3 is 2.57 bits per heavy atom. The molecule has 1 atom stereocenters. The summed E-state index contributed by atoms with van der Waals surface area (Å²) in [6.07, 6.45) is 2.90. The Kier molecular flexibility index (Phi) is 8.69. The molecule has 2 aliphatic rings. The van der Waals surface area contributed by atoms with Gasteiger partial charge >= 0.3 is 5.97 Å². The Balaban J connectivity index is 1.66. The summed E-state index contributed by atoms with van der Waals surface area (Å²) >= 11 is 1.08. The van der Waals surface area contributed by atoms with E-state index in [-0.39, 0.29) is 21.4 Å². The lowest BCUT2D eigenvalue weighted by Gasteiger charge is -2.29. The third kappa shape index (κ3) is 5.65. The Morgan fingerprint density at radius 1 is 1.14 bits per heavy atom. The van der Waals surface area contributed by atoms with Crippen LogP contribution in [0.5, 0.6) is 11.5 Å². The van der Waals surface area contributed by atoms with Crippen LogP contribution >= 0.6 is 11.3 Å². The summed E-state index contributed by atoms with van der Waals surface area (Å²) in [7, 11) is 1.26. The van der Waals surface area contributed by atoms with Gasteiger partial charge in [-0.05, 0) is 49.8 Å². The van der Waals surface area contributed by atoms with Crippen molar-refractivity contribution in [2.75, 3.05) is 51.5 Å². The van der Waals surface area contributed by atoms with Gasteiger partial charge in [-0.3, -0.25) is 19.5 Å². The molecule has 42 heavy (non-hydrogen) atoms. The van der Waals surface area contributed by atoms with Gasteiger partial charge in [0.1, 0.15) is 0 Å². The van der Waals surface area contributed by atoms with Gasteiger partial charge in [0, 0.05) is 31.0 Å². The first kappa shape index (κ1) is 29.0. The van der Waals surface area contributed by atoms with Crippen molar-refractivity contribution in [3.05, 3.63) is 89.1 Å². The highest BCUT2D eigenvalue weighted by molar-refractivity contribution is 7.07. The number of nitrogens with zero attached hydrogens (tertiary/aromatic N) is 4. The predicted molar refractivity (Wildman–Crippen MR) is 156 cm³/mol. The average Bonchev–Trinajstić information content (AvgIpc) is 3.32. The third-order valence-electron chi connectivity index (χ3n) is 6.88. The van der Waals surface area contributed by atoms with Crippen molar-refractivity contribution in [2.24, 2.45) is 4.99 Å².